The third-order valence-corrected chi connectivity index (χ3v) is 5.41. The van der Waals surface area contributed by atoms with Crippen LogP contribution in [0.25, 0.3) is 11.3 Å². The first-order valence-electron chi connectivity index (χ1n) is 8.57. The fourth-order valence-electron chi connectivity index (χ4n) is 3.18. The maximum Gasteiger partial charge on any atom is 0.255 e. The smallest absolute Gasteiger partial charge is 0.255 e. The predicted molar refractivity (Wildman–Crippen MR) is 104 cm³/mol. The molecule has 3 N–H and O–H groups in total. The fraction of sp³-hybridized carbons (Fsp3) is 0.150. The molecule has 1 aromatic heterocycles. The average Bonchev–Trinajstić information content (AvgIpc) is 3.10. The van der Waals surface area contributed by atoms with Crippen molar-refractivity contribution >= 4 is 29.0 Å². The molecule has 3 aromatic rings. The second-order valence-electron chi connectivity index (χ2n) is 6.41. The molecule has 0 bridgehead atoms. The Morgan fingerprint density at radius 3 is 2.79 bits per heavy atom. The molecule has 2 heterocycles. The van der Waals surface area contributed by atoms with Crippen LogP contribution in [0.4, 0.5) is 10.1 Å². The van der Waals surface area contributed by atoms with Crippen LogP contribution < -0.4 is 15.8 Å². The van der Waals surface area contributed by atoms with E-state index in [1.807, 2.05) is 12.1 Å². The molecule has 0 aliphatic carbocycles. The van der Waals surface area contributed by atoms with Crippen LogP contribution in [0.5, 0.6) is 5.75 Å². The number of halogens is 1. The predicted octanol–water partition coefficient (Wildman–Crippen LogP) is 3.29. The maximum absolute atomic E-state index is 13.6. The number of anilines is 1. The molecule has 4 rings (SSSR count). The summed E-state index contributed by atoms with van der Waals surface area (Å²) < 4.78 is 23.4. The largest absolute Gasteiger partial charge is 0.484 e. The first-order valence-corrected chi connectivity index (χ1v) is 9.35. The van der Waals surface area contributed by atoms with Crippen molar-refractivity contribution < 1.29 is 18.7 Å². The number of benzene rings is 2. The van der Waals surface area contributed by atoms with E-state index in [1.54, 1.807) is 24.3 Å². The van der Waals surface area contributed by atoms with E-state index < -0.39 is 5.91 Å². The molecule has 1 aliphatic heterocycles. The number of hydrogen-bond donors (Lipinski definition) is 2. The summed E-state index contributed by atoms with van der Waals surface area (Å²) in [5.41, 5.74) is 7.82. The first-order chi connectivity index (χ1) is 13.5. The van der Waals surface area contributed by atoms with Gasteiger partial charge in [-0.05, 0) is 41.4 Å². The molecule has 28 heavy (non-hydrogen) atoms. The minimum Gasteiger partial charge on any atom is -0.484 e. The molecule has 1 atom stereocenters. The number of fused-ring (bicyclic) bond motifs is 1. The fourth-order valence-corrected chi connectivity index (χ4v) is 4.15. The number of aromatic nitrogens is 1. The summed E-state index contributed by atoms with van der Waals surface area (Å²) in [7, 11) is 0. The highest BCUT2D eigenvalue weighted by molar-refractivity contribution is 7.07. The Hall–Kier alpha value is -3.26. The van der Waals surface area contributed by atoms with Gasteiger partial charge in [0.05, 0.1) is 10.6 Å². The number of carbonyl (C=O) groups is 2. The van der Waals surface area contributed by atoms with Gasteiger partial charge in [-0.2, -0.15) is 4.37 Å². The second kappa shape index (κ2) is 7.40. The SMILES string of the molecule is NC(=O)COc1ccc(C2CC(=O)Nc3c(-c4cccc(F)c4)nsc32)cc1. The van der Waals surface area contributed by atoms with Crippen LogP contribution in [0.1, 0.15) is 22.8 Å². The molecule has 6 nitrogen and oxygen atoms in total. The highest BCUT2D eigenvalue weighted by Gasteiger charge is 2.31. The highest BCUT2D eigenvalue weighted by Crippen LogP contribution is 2.44. The number of nitrogens with zero attached hydrogens (tertiary/aromatic N) is 1. The number of rotatable bonds is 5. The van der Waals surface area contributed by atoms with Crippen molar-refractivity contribution in [1.82, 2.24) is 4.37 Å². The van der Waals surface area contributed by atoms with Gasteiger partial charge in [0.25, 0.3) is 5.91 Å². The van der Waals surface area contributed by atoms with Crippen molar-refractivity contribution in [2.24, 2.45) is 5.73 Å². The van der Waals surface area contributed by atoms with Crippen LogP contribution >= 0.6 is 11.5 Å². The molecule has 142 valence electrons. The molecule has 0 saturated heterocycles. The van der Waals surface area contributed by atoms with Crippen molar-refractivity contribution in [2.45, 2.75) is 12.3 Å². The molecular formula is C20H16FN3O3S. The number of hydrogen-bond acceptors (Lipinski definition) is 5. The molecule has 1 unspecified atom stereocenters. The molecule has 2 aromatic carbocycles. The van der Waals surface area contributed by atoms with Crippen LogP contribution in [0.2, 0.25) is 0 Å². The van der Waals surface area contributed by atoms with Crippen LogP contribution in [0.3, 0.4) is 0 Å². The van der Waals surface area contributed by atoms with Gasteiger partial charge >= 0.3 is 0 Å². The van der Waals surface area contributed by atoms with E-state index in [1.165, 1.54) is 23.7 Å². The summed E-state index contributed by atoms with van der Waals surface area (Å²) in [5.74, 6) is -0.664. The van der Waals surface area contributed by atoms with Gasteiger partial charge in [-0.3, -0.25) is 9.59 Å². The van der Waals surface area contributed by atoms with Gasteiger partial charge in [-0.15, -0.1) is 0 Å². The van der Waals surface area contributed by atoms with Crippen molar-refractivity contribution in [3.63, 3.8) is 0 Å². The third kappa shape index (κ3) is 3.59. The normalized spacial score (nSPS) is 15.6. The number of amides is 2. The van der Waals surface area contributed by atoms with Gasteiger partial charge in [0, 0.05) is 17.9 Å². The zero-order valence-corrected chi connectivity index (χ0v) is 15.5. The molecule has 0 fully saturated rings. The lowest BCUT2D eigenvalue weighted by Crippen LogP contribution is -2.22. The van der Waals surface area contributed by atoms with Gasteiger partial charge in [0.15, 0.2) is 6.61 Å². The summed E-state index contributed by atoms with van der Waals surface area (Å²) in [4.78, 5) is 24.1. The van der Waals surface area contributed by atoms with Crippen molar-refractivity contribution in [2.75, 3.05) is 11.9 Å². The first kappa shape index (κ1) is 18.1. The van der Waals surface area contributed by atoms with Crippen LogP contribution in [-0.2, 0) is 9.59 Å². The lowest BCUT2D eigenvalue weighted by atomic mass is 9.89. The van der Waals surface area contributed by atoms with Crippen LogP contribution in [-0.4, -0.2) is 22.8 Å². The van der Waals surface area contributed by atoms with Gasteiger partial charge < -0.3 is 15.8 Å². The maximum atomic E-state index is 13.6. The van der Waals surface area contributed by atoms with Crippen LogP contribution in [0, 0.1) is 5.82 Å². The van der Waals surface area contributed by atoms with E-state index in [0.717, 1.165) is 10.4 Å². The van der Waals surface area contributed by atoms with Crippen LogP contribution in [0.15, 0.2) is 48.5 Å². The van der Waals surface area contributed by atoms with E-state index in [4.69, 9.17) is 10.5 Å². The van der Waals surface area contributed by atoms with Crippen molar-refractivity contribution in [3.8, 4) is 17.0 Å². The monoisotopic (exact) mass is 397 g/mol. The summed E-state index contributed by atoms with van der Waals surface area (Å²) in [6.07, 6.45) is 0.291. The summed E-state index contributed by atoms with van der Waals surface area (Å²) in [5, 5.41) is 2.88. The Labute approximate surface area is 164 Å². The second-order valence-corrected chi connectivity index (χ2v) is 7.21. The average molecular weight is 397 g/mol. The van der Waals surface area contributed by atoms with E-state index >= 15 is 0 Å². The Morgan fingerprint density at radius 2 is 2.07 bits per heavy atom. The minimum atomic E-state index is -0.549. The zero-order valence-electron chi connectivity index (χ0n) is 14.6. The molecule has 0 spiro atoms. The molecule has 0 saturated carbocycles. The van der Waals surface area contributed by atoms with E-state index in [9.17, 15) is 14.0 Å². The molecule has 2 amide bonds. The van der Waals surface area contributed by atoms with Gasteiger partial charge in [-0.25, -0.2) is 4.39 Å². The number of nitrogens with two attached hydrogens (primary N) is 1. The van der Waals surface area contributed by atoms with E-state index in [-0.39, 0.29) is 24.2 Å². The Kier molecular flexibility index (Phi) is 4.79. The summed E-state index contributed by atoms with van der Waals surface area (Å²) >= 11 is 1.30. The van der Waals surface area contributed by atoms with E-state index in [2.05, 4.69) is 9.69 Å². The number of nitrogens with one attached hydrogen (secondary N) is 1. The standard InChI is InChI=1S/C20H16FN3O3S/c21-13-3-1-2-12(8-13)18-19-20(28-24-18)15(9-17(26)23-19)11-4-6-14(7-5-11)27-10-16(22)25/h1-8,15H,9-10H2,(H2,22,25)(H,23,26). The topological polar surface area (TPSA) is 94.3 Å². The lowest BCUT2D eigenvalue weighted by Gasteiger charge is -2.23. The number of primary amides is 1. The minimum absolute atomic E-state index is 0.121. The number of ether oxygens (including phenoxy) is 1. The Balaban J connectivity index is 1.66. The van der Waals surface area contributed by atoms with E-state index in [0.29, 0.717) is 29.1 Å². The molecule has 0 radical (unpaired) electrons. The van der Waals surface area contributed by atoms with Crippen molar-refractivity contribution in [3.05, 3.63) is 64.8 Å². The lowest BCUT2D eigenvalue weighted by molar-refractivity contribution is -0.120. The number of carbonyl (C=O) groups excluding carboxylic acids is 2. The molecule has 8 heteroatoms. The summed E-state index contributed by atoms with van der Waals surface area (Å²) in [6.45, 7) is -0.193. The van der Waals surface area contributed by atoms with Gasteiger partial charge in [0.2, 0.25) is 5.91 Å². The van der Waals surface area contributed by atoms with Crippen molar-refractivity contribution in [1.29, 1.82) is 0 Å². The zero-order chi connectivity index (χ0) is 19.7. The Morgan fingerprint density at radius 1 is 1.29 bits per heavy atom. The summed E-state index contributed by atoms with van der Waals surface area (Å²) in [6, 6.07) is 13.3. The third-order valence-electron chi connectivity index (χ3n) is 4.45. The quantitative estimate of drug-likeness (QED) is 0.691. The molecule has 1 aliphatic rings. The Bertz CT molecular complexity index is 1050. The highest BCUT2D eigenvalue weighted by atomic mass is 32.1. The van der Waals surface area contributed by atoms with Gasteiger partial charge in [-0.1, -0.05) is 24.3 Å². The molecular weight excluding hydrogens is 381 g/mol. The van der Waals surface area contributed by atoms with Gasteiger partial charge in [0.1, 0.15) is 17.3 Å².